The van der Waals surface area contributed by atoms with E-state index >= 15 is 0 Å². The summed E-state index contributed by atoms with van der Waals surface area (Å²) in [4.78, 5) is 16.4. The van der Waals surface area contributed by atoms with Crippen LogP contribution in [0.1, 0.15) is 19.4 Å². The van der Waals surface area contributed by atoms with Gasteiger partial charge in [-0.15, -0.1) is 0 Å². The minimum Gasteiger partial charge on any atom is -0.353 e. The van der Waals surface area contributed by atoms with Gasteiger partial charge in [0.05, 0.1) is 23.2 Å². The molecule has 1 heterocycles. The van der Waals surface area contributed by atoms with Crippen LogP contribution in [0.5, 0.6) is 0 Å². The SMILES string of the molecule is CC(C)NC(=O)CSc1ncc(-c2ccccc2)n1-c1cccc(C(F)(F)F)c1. The zero-order chi connectivity index (χ0) is 21.0. The van der Waals surface area contributed by atoms with Gasteiger partial charge in [0.1, 0.15) is 0 Å². The van der Waals surface area contributed by atoms with Gasteiger partial charge in [0.25, 0.3) is 0 Å². The molecule has 4 nitrogen and oxygen atoms in total. The van der Waals surface area contributed by atoms with Gasteiger partial charge in [-0.3, -0.25) is 9.36 Å². The zero-order valence-electron chi connectivity index (χ0n) is 15.9. The summed E-state index contributed by atoms with van der Waals surface area (Å²) in [5.41, 5.74) is 1.06. The van der Waals surface area contributed by atoms with Crippen LogP contribution in [-0.4, -0.2) is 27.3 Å². The quantitative estimate of drug-likeness (QED) is 0.561. The number of rotatable bonds is 6. The van der Waals surface area contributed by atoms with Crippen LogP contribution >= 0.6 is 11.8 Å². The van der Waals surface area contributed by atoms with Crippen LogP contribution < -0.4 is 5.32 Å². The van der Waals surface area contributed by atoms with Crippen molar-refractivity contribution >= 4 is 17.7 Å². The normalized spacial score (nSPS) is 11.7. The number of imidazole rings is 1. The molecule has 2 aromatic carbocycles. The maximum atomic E-state index is 13.2. The number of hydrogen-bond acceptors (Lipinski definition) is 3. The molecular formula is C21H20F3N3OS. The van der Waals surface area contributed by atoms with Crippen LogP contribution in [0.4, 0.5) is 13.2 Å². The van der Waals surface area contributed by atoms with Gasteiger partial charge >= 0.3 is 6.18 Å². The number of nitrogens with zero attached hydrogens (tertiary/aromatic N) is 2. The first-order valence-electron chi connectivity index (χ1n) is 8.98. The van der Waals surface area contributed by atoms with E-state index in [4.69, 9.17) is 0 Å². The molecule has 0 saturated heterocycles. The predicted octanol–water partition coefficient (Wildman–Crippen LogP) is 5.17. The molecule has 0 aliphatic heterocycles. The molecule has 3 rings (SSSR count). The summed E-state index contributed by atoms with van der Waals surface area (Å²) in [5.74, 6) is -0.0487. The largest absolute Gasteiger partial charge is 0.416 e. The smallest absolute Gasteiger partial charge is 0.353 e. The van der Waals surface area contributed by atoms with Gasteiger partial charge in [0.15, 0.2) is 5.16 Å². The van der Waals surface area contributed by atoms with Crippen molar-refractivity contribution < 1.29 is 18.0 Å². The van der Waals surface area contributed by atoms with Crippen LogP contribution in [0.3, 0.4) is 0 Å². The molecule has 152 valence electrons. The van der Waals surface area contributed by atoms with E-state index in [1.54, 1.807) is 16.8 Å². The number of amides is 1. The van der Waals surface area contributed by atoms with Crippen molar-refractivity contribution in [3.05, 3.63) is 66.4 Å². The fourth-order valence-corrected chi connectivity index (χ4v) is 3.62. The lowest BCUT2D eigenvalue weighted by molar-refractivity contribution is -0.137. The highest BCUT2D eigenvalue weighted by Crippen LogP contribution is 2.34. The molecule has 0 radical (unpaired) electrons. The molecule has 0 aliphatic carbocycles. The molecular weight excluding hydrogens is 399 g/mol. The van der Waals surface area contributed by atoms with E-state index in [2.05, 4.69) is 10.3 Å². The number of aromatic nitrogens is 2. The van der Waals surface area contributed by atoms with Crippen LogP contribution in [0.25, 0.3) is 16.9 Å². The van der Waals surface area contributed by atoms with Crippen molar-refractivity contribution in [2.24, 2.45) is 0 Å². The van der Waals surface area contributed by atoms with Gasteiger partial charge in [0.2, 0.25) is 5.91 Å². The maximum Gasteiger partial charge on any atom is 0.416 e. The van der Waals surface area contributed by atoms with E-state index < -0.39 is 11.7 Å². The first-order valence-corrected chi connectivity index (χ1v) is 9.97. The highest BCUT2D eigenvalue weighted by atomic mass is 32.2. The lowest BCUT2D eigenvalue weighted by Gasteiger charge is -2.15. The second-order valence-corrected chi connectivity index (χ2v) is 7.63. The number of alkyl halides is 3. The van der Waals surface area contributed by atoms with E-state index in [1.165, 1.54) is 17.8 Å². The second kappa shape index (κ2) is 8.73. The van der Waals surface area contributed by atoms with Gasteiger partial charge in [0, 0.05) is 17.3 Å². The van der Waals surface area contributed by atoms with Crippen molar-refractivity contribution in [2.45, 2.75) is 31.2 Å². The van der Waals surface area contributed by atoms with Crippen LogP contribution in [-0.2, 0) is 11.0 Å². The Kier molecular flexibility index (Phi) is 6.32. The number of nitrogens with one attached hydrogen (secondary N) is 1. The Bertz CT molecular complexity index is 984. The number of benzene rings is 2. The molecule has 8 heteroatoms. The summed E-state index contributed by atoms with van der Waals surface area (Å²) in [5, 5.41) is 3.24. The topological polar surface area (TPSA) is 46.9 Å². The lowest BCUT2D eigenvalue weighted by atomic mass is 10.1. The molecule has 29 heavy (non-hydrogen) atoms. The summed E-state index contributed by atoms with van der Waals surface area (Å²) in [6.45, 7) is 3.72. The summed E-state index contributed by atoms with van der Waals surface area (Å²) in [7, 11) is 0. The fraction of sp³-hybridized carbons (Fsp3) is 0.238. The summed E-state index contributed by atoms with van der Waals surface area (Å²) in [6, 6.07) is 14.4. The standard InChI is InChI=1S/C21H20F3N3OS/c1-14(2)26-19(28)13-29-20-25-12-18(15-7-4-3-5-8-15)27(20)17-10-6-9-16(11-17)21(22,23)24/h3-12,14H,13H2,1-2H3,(H,26,28). The van der Waals surface area contributed by atoms with Gasteiger partial charge in [-0.25, -0.2) is 4.98 Å². The van der Waals surface area contributed by atoms with Gasteiger partial charge in [-0.2, -0.15) is 13.2 Å². The van der Waals surface area contributed by atoms with Crippen molar-refractivity contribution in [1.29, 1.82) is 0 Å². The van der Waals surface area contributed by atoms with Crippen molar-refractivity contribution in [1.82, 2.24) is 14.9 Å². The van der Waals surface area contributed by atoms with Gasteiger partial charge < -0.3 is 5.32 Å². The Morgan fingerprint density at radius 2 is 1.86 bits per heavy atom. The van der Waals surface area contributed by atoms with Crippen molar-refractivity contribution in [3.63, 3.8) is 0 Å². The van der Waals surface area contributed by atoms with Crippen LogP contribution in [0.2, 0.25) is 0 Å². The van der Waals surface area contributed by atoms with E-state index in [0.29, 0.717) is 16.5 Å². The third kappa shape index (κ3) is 5.20. The average Bonchev–Trinajstić information content (AvgIpc) is 3.10. The molecule has 0 fully saturated rings. The van der Waals surface area contributed by atoms with Crippen molar-refractivity contribution in [3.8, 4) is 16.9 Å². The van der Waals surface area contributed by atoms with E-state index in [-0.39, 0.29) is 17.7 Å². The van der Waals surface area contributed by atoms with Crippen LogP contribution in [0, 0.1) is 0 Å². The minimum atomic E-state index is -4.45. The van der Waals surface area contributed by atoms with E-state index in [9.17, 15) is 18.0 Å². The maximum absolute atomic E-state index is 13.2. The van der Waals surface area contributed by atoms with Crippen molar-refractivity contribution in [2.75, 3.05) is 5.75 Å². The molecule has 0 aliphatic rings. The number of carbonyl (C=O) groups is 1. The minimum absolute atomic E-state index is 0.00573. The first kappa shape index (κ1) is 21.0. The molecule has 0 unspecified atom stereocenters. The highest BCUT2D eigenvalue weighted by Gasteiger charge is 2.31. The third-order valence-corrected chi connectivity index (χ3v) is 4.97. The Balaban J connectivity index is 2.03. The Morgan fingerprint density at radius 3 is 2.52 bits per heavy atom. The van der Waals surface area contributed by atoms with E-state index in [1.807, 2.05) is 44.2 Å². The number of carbonyl (C=O) groups excluding carboxylic acids is 1. The molecule has 0 atom stereocenters. The van der Waals surface area contributed by atoms with Gasteiger partial charge in [-0.05, 0) is 32.0 Å². The number of hydrogen-bond donors (Lipinski definition) is 1. The molecule has 3 aromatic rings. The number of thioether (sulfide) groups is 1. The monoisotopic (exact) mass is 419 g/mol. The lowest BCUT2D eigenvalue weighted by Crippen LogP contribution is -2.31. The second-order valence-electron chi connectivity index (χ2n) is 6.69. The average molecular weight is 419 g/mol. The summed E-state index contributed by atoms with van der Waals surface area (Å²) < 4.78 is 41.3. The molecule has 1 N–H and O–H groups in total. The molecule has 1 aromatic heterocycles. The number of halogens is 3. The first-order chi connectivity index (χ1) is 13.8. The fourth-order valence-electron chi connectivity index (χ4n) is 2.81. The Morgan fingerprint density at radius 1 is 1.14 bits per heavy atom. The summed E-state index contributed by atoms with van der Waals surface area (Å²) in [6.07, 6.45) is -2.84. The molecule has 0 saturated carbocycles. The Hall–Kier alpha value is -2.74. The summed E-state index contributed by atoms with van der Waals surface area (Å²) >= 11 is 1.18. The third-order valence-electron chi connectivity index (χ3n) is 4.01. The predicted molar refractivity (Wildman–Crippen MR) is 108 cm³/mol. The Labute approximate surface area is 171 Å². The molecule has 0 spiro atoms. The zero-order valence-corrected chi connectivity index (χ0v) is 16.7. The highest BCUT2D eigenvalue weighted by molar-refractivity contribution is 7.99. The molecule has 0 bridgehead atoms. The van der Waals surface area contributed by atoms with E-state index in [0.717, 1.165) is 17.7 Å². The van der Waals surface area contributed by atoms with Crippen LogP contribution in [0.15, 0.2) is 66.0 Å². The van der Waals surface area contributed by atoms with Gasteiger partial charge in [-0.1, -0.05) is 48.2 Å². The molecule has 1 amide bonds.